The lowest BCUT2D eigenvalue weighted by molar-refractivity contribution is -0.146. The van der Waals surface area contributed by atoms with Crippen molar-refractivity contribution in [3.63, 3.8) is 0 Å². The third-order valence-corrected chi connectivity index (χ3v) is 0.683. The molecule has 7 N–H and O–H groups in total. The Morgan fingerprint density at radius 1 is 1.25 bits per heavy atom. The molecular weight excluding hydrogens is 168 g/mol. The van der Waals surface area contributed by atoms with E-state index >= 15 is 0 Å². The van der Waals surface area contributed by atoms with Crippen LogP contribution in [0.4, 0.5) is 0 Å². The first-order valence-electron chi connectivity index (χ1n) is 2.98. The molecule has 0 saturated heterocycles. The zero-order valence-electron chi connectivity index (χ0n) is 6.30. The molecule has 7 nitrogen and oxygen atoms in total. The first-order chi connectivity index (χ1) is 5.45. The van der Waals surface area contributed by atoms with Gasteiger partial charge in [-0.15, -0.1) is 0 Å². The number of aliphatic hydroxyl groups is 1. The highest BCUT2D eigenvalue weighted by Crippen LogP contribution is 1.73. The van der Waals surface area contributed by atoms with Crippen molar-refractivity contribution in [1.82, 2.24) is 0 Å². The molecule has 0 aromatic heterocycles. The van der Waals surface area contributed by atoms with E-state index in [1.54, 1.807) is 0 Å². The summed E-state index contributed by atoms with van der Waals surface area (Å²) >= 11 is 0. The third-order valence-electron chi connectivity index (χ3n) is 0.683. The summed E-state index contributed by atoms with van der Waals surface area (Å²) in [6.07, 6.45) is -1.40. The highest BCUT2D eigenvalue weighted by Gasteiger charge is 2.07. The molecule has 0 fully saturated rings. The summed E-state index contributed by atoms with van der Waals surface area (Å²) < 4.78 is 0. The van der Waals surface area contributed by atoms with Crippen molar-refractivity contribution in [2.75, 3.05) is 13.1 Å². The van der Waals surface area contributed by atoms with Gasteiger partial charge in [0.15, 0.2) is 6.10 Å². The van der Waals surface area contributed by atoms with Gasteiger partial charge < -0.3 is 26.8 Å². The molecule has 1 unspecified atom stereocenters. The van der Waals surface area contributed by atoms with Crippen molar-refractivity contribution in [3.05, 3.63) is 0 Å². The number of rotatable bonds is 3. The quantitative estimate of drug-likeness (QED) is 0.320. The molecule has 0 aromatic rings. The normalized spacial score (nSPS) is 10.9. The van der Waals surface area contributed by atoms with E-state index in [0.717, 1.165) is 0 Å². The van der Waals surface area contributed by atoms with E-state index in [1.165, 1.54) is 0 Å². The number of aliphatic hydroxyl groups excluding tert-OH is 1. The summed E-state index contributed by atoms with van der Waals surface area (Å²) in [6, 6.07) is 0. The predicted molar refractivity (Wildman–Crippen MR) is 39.4 cm³/mol. The Labute approximate surface area is 68.6 Å². The van der Waals surface area contributed by atoms with Gasteiger partial charge in [-0.3, -0.25) is 4.79 Å². The Balaban J connectivity index is 0. The van der Waals surface area contributed by atoms with Gasteiger partial charge in [0.2, 0.25) is 0 Å². The molecule has 1 atom stereocenters. The average molecular weight is 180 g/mol. The monoisotopic (exact) mass is 180 g/mol. The van der Waals surface area contributed by atoms with Crippen LogP contribution in [-0.4, -0.2) is 46.5 Å². The van der Waals surface area contributed by atoms with Crippen LogP contribution >= 0.6 is 0 Å². The molecular formula is C5H12N2O5. The van der Waals surface area contributed by atoms with Crippen LogP contribution < -0.4 is 11.5 Å². The van der Waals surface area contributed by atoms with Crippen molar-refractivity contribution in [3.8, 4) is 0 Å². The molecule has 0 heterocycles. The SMILES string of the molecule is NCC(=O)O.NCC(O)C(=O)O. The maximum Gasteiger partial charge on any atom is 0.333 e. The molecule has 7 heteroatoms. The summed E-state index contributed by atoms with van der Waals surface area (Å²) in [4.78, 5) is 18.8. The topological polar surface area (TPSA) is 147 Å². The fourth-order valence-corrected chi connectivity index (χ4v) is 0.101. The second kappa shape index (κ2) is 7.92. The lowest BCUT2D eigenvalue weighted by Crippen LogP contribution is -2.28. The van der Waals surface area contributed by atoms with E-state index in [0.29, 0.717) is 0 Å². The van der Waals surface area contributed by atoms with Crippen LogP contribution in [0, 0.1) is 0 Å². The lowest BCUT2D eigenvalue weighted by atomic mass is 10.4. The second-order valence-electron chi connectivity index (χ2n) is 1.69. The van der Waals surface area contributed by atoms with Gasteiger partial charge >= 0.3 is 11.9 Å². The molecule has 0 amide bonds. The average Bonchev–Trinajstić information content (AvgIpc) is 2.04. The van der Waals surface area contributed by atoms with Gasteiger partial charge in [-0.1, -0.05) is 0 Å². The molecule has 0 aliphatic rings. The number of carboxylic acid groups (broad SMARTS) is 2. The van der Waals surface area contributed by atoms with Crippen LogP contribution in [0.3, 0.4) is 0 Å². The van der Waals surface area contributed by atoms with E-state index in [-0.39, 0.29) is 13.1 Å². The van der Waals surface area contributed by atoms with E-state index in [9.17, 15) is 9.59 Å². The van der Waals surface area contributed by atoms with E-state index in [4.69, 9.17) is 21.1 Å². The Bertz CT molecular complexity index is 149. The van der Waals surface area contributed by atoms with Gasteiger partial charge in [-0.25, -0.2) is 4.79 Å². The van der Waals surface area contributed by atoms with Crippen LogP contribution in [0.1, 0.15) is 0 Å². The van der Waals surface area contributed by atoms with Gasteiger partial charge in [0.1, 0.15) is 0 Å². The maximum atomic E-state index is 9.60. The van der Waals surface area contributed by atoms with Gasteiger partial charge in [0.05, 0.1) is 6.54 Å². The number of hydrogen-bond acceptors (Lipinski definition) is 5. The summed E-state index contributed by atoms with van der Waals surface area (Å²) in [5.41, 5.74) is 9.31. The molecule has 72 valence electrons. The fraction of sp³-hybridized carbons (Fsp3) is 0.600. The van der Waals surface area contributed by atoms with E-state index in [2.05, 4.69) is 5.73 Å². The molecule has 0 radical (unpaired) electrons. The Hall–Kier alpha value is -1.18. The Morgan fingerprint density at radius 2 is 1.58 bits per heavy atom. The summed E-state index contributed by atoms with van der Waals surface area (Å²) in [5.74, 6) is -2.24. The molecule has 0 saturated carbocycles. The molecule has 0 aliphatic carbocycles. The number of carboxylic acids is 2. The van der Waals surface area contributed by atoms with Gasteiger partial charge in [0, 0.05) is 6.54 Å². The first kappa shape index (κ1) is 13.4. The number of hydrogen-bond donors (Lipinski definition) is 5. The van der Waals surface area contributed by atoms with Crippen LogP contribution in [-0.2, 0) is 9.59 Å². The fourth-order valence-electron chi connectivity index (χ4n) is 0.101. The standard InChI is InChI=1S/C3H7NO3.C2H5NO2/c4-1-2(5)3(6)7;3-1-2(4)5/h2,5H,1,4H2,(H,6,7);1,3H2,(H,4,5). The van der Waals surface area contributed by atoms with Crippen molar-refractivity contribution in [2.24, 2.45) is 11.5 Å². The largest absolute Gasteiger partial charge is 0.480 e. The molecule has 12 heavy (non-hydrogen) atoms. The first-order valence-corrected chi connectivity index (χ1v) is 2.98. The van der Waals surface area contributed by atoms with Crippen LogP contribution in [0.5, 0.6) is 0 Å². The van der Waals surface area contributed by atoms with Crippen molar-refractivity contribution < 1.29 is 24.9 Å². The maximum absolute atomic E-state index is 9.60. The zero-order valence-corrected chi connectivity index (χ0v) is 6.30. The molecule has 0 aromatic carbocycles. The molecule has 0 spiro atoms. The van der Waals surface area contributed by atoms with Crippen LogP contribution in [0.15, 0.2) is 0 Å². The summed E-state index contributed by atoms with van der Waals surface area (Å²) in [7, 11) is 0. The minimum atomic E-state index is -1.40. The van der Waals surface area contributed by atoms with Gasteiger partial charge in [0.25, 0.3) is 0 Å². The molecule has 0 bridgehead atoms. The third kappa shape index (κ3) is 11.6. The summed E-state index contributed by atoms with van der Waals surface area (Å²) in [5, 5.41) is 23.7. The summed E-state index contributed by atoms with van der Waals surface area (Å²) in [6.45, 7) is -0.505. The second-order valence-corrected chi connectivity index (χ2v) is 1.69. The van der Waals surface area contributed by atoms with Crippen LogP contribution in [0.2, 0.25) is 0 Å². The number of aliphatic carboxylic acids is 2. The van der Waals surface area contributed by atoms with Gasteiger partial charge in [-0.2, -0.15) is 0 Å². The Morgan fingerprint density at radius 3 is 1.58 bits per heavy atom. The zero-order chi connectivity index (χ0) is 10.1. The van der Waals surface area contributed by atoms with Crippen LogP contribution in [0.25, 0.3) is 0 Å². The van der Waals surface area contributed by atoms with Crippen molar-refractivity contribution >= 4 is 11.9 Å². The van der Waals surface area contributed by atoms with E-state index in [1.807, 2.05) is 0 Å². The van der Waals surface area contributed by atoms with Gasteiger partial charge in [-0.05, 0) is 0 Å². The highest BCUT2D eigenvalue weighted by atomic mass is 16.4. The predicted octanol–water partition coefficient (Wildman–Crippen LogP) is -2.58. The smallest absolute Gasteiger partial charge is 0.333 e. The number of nitrogens with two attached hydrogens (primary N) is 2. The highest BCUT2D eigenvalue weighted by molar-refractivity contribution is 5.72. The number of carbonyl (C=O) groups is 2. The van der Waals surface area contributed by atoms with Crippen molar-refractivity contribution in [2.45, 2.75) is 6.10 Å². The molecule has 0 rings (SSSR count). The van der Waals surface area contributed by atoms with Crippen molar-refractivity contribution in [1.29, 1.82) is 0 Å². The van der Waals surface area contributed by atoms with E-state index < -0.39 is 18.0 Å². The lowest BCUT2D eigenvalue weighted by Gasteiger charge is -1.96. The minimum absolute atomic E-state index is 0.227. The molecule has 0 aliphatic heterocycles. The Kier molecular flexibility index (Phi) is 8.85. The minimum Gasteiger partial charge on any atom is -0.480 e.